The number of imidazole rings is 1. The molecular formula is C26H31ClN4O. The zero-order chi connectivity index (χ0) is 21.9. The topological polar surface area (TPSA) is 61.0 Å². The first-order chi connectivity index (χ1) is 15.6. The van der Waals surface area contributed by atoms with Crippen molar-refractivity contribution in [3.05, 3.63) is 58.9 Å². The van der Waals surface area contributed by atoms with Gasteiger partial charge in [-0.1, -0.05) is 43.0 Å². The number of carbonyl (C=O) groups is 1. The molecule has 2 aliphatic rings. The number of nitrogens with one attached hydrogen (secondary N) is 2. The van der Waals surface area contributed by atoms with E-state index >= 15 is 0 Å². The average molecular weight is 451 g/mol. The lowest BCUT2D eigenvalue weighted by Gasteiger charge is -2.30. The maximum absolute atomic E-state index is 12.6. The van der Waals surface area contributed by atoms with Gasteiger partial charge in [0.1, 0.15) is 5.82 Å². The fourth-order valence-electron chi connectivity index (χ4n) is 5.24. The third kappa shape index (κ3) is 5.00. The van der Waals surface area contributed by atoms with Crippen LogP contribution in [0.4, 0.5) is 5.69 Å². The first-order valence-electron chi connectivity index (χ1n) is 11.9. The molecule has 5 rings (SSSR count). The lowest BCUT2D eigenvalue weighted by atomic mass is 9.84. The smallest absolute Gasteiger partial charge is 0.238 e. The molecule has 1 saturated heterocycles. The molecule has 5 nitrogen and oxygen atoms in total. The molecular weight excluding hydrogens is 420 g/mol. The van der Waals surface area contributed by atoms with Gasteiger partial charge in [-0.25, -0.2) is 4.98 Å². The highest BCUT2D eigenvalue weighted by molar-refractivity contribution is 6.31. The normalized spacial score (nSPS) is 18.8. The number of halogens is 1. The van der Waals surface area contributed by atoms with E-state index in [2.05, 4.69) is 39.5 Å². The number of fused-ring (bicyclic) bond motifs is 1. The van der Waals surface area contributed by atoms with Gasteiger partial charge in [-0.2, -0.15) is 0 Å². The van der Waals surface area contributed by atoms with Gasteiger partial charge in [0.2, 0.25) is 5.91 Å². The second-order valence-corrected chi connectivity index (χ2v) is 9.78. The van der Waals surface area contributed by atoms with E-state index in [1.807, 2.05) is 18.2 Å². The van der Waals surface area contributed by atoms with Crippen molar-refractivity contribution in [1.29, 1.82) is 0 Å². The summed E-state index contributed by atoms with van der Waals surface area (Å²) < 4.78 is 0. The van der Waals surface area contributed by atoms with E-state index in [0.29, 0.717) is 18.4 Å². The molecule has 0 bridgehead atoms. The van der Waals surface area contributed by atoms with Crippen LogP contribution < -0.4 is 5.32 Å². The van der Waals surface area contributed by atoms with Gasteiger partial charge in [-0.05, 0) is 80.6 Å². The molecule has 6 heteroatoms. The van der Waals surface area contributed by atoms with Gasteiger partial charge < -0.3 is 10.3 Å². The molecule has 0 spiro atoms. The summed E-state index contributed by atoms with van der Waals surface area (Å²) in [6.07, 6.45) is 8.63. The van der Waals surface area contributed by atoms with Crippen LogP contribution in [0.25, 0.3) is 11.0 Å². The predicted molar refractivity (Wildman–Crippen MR) is 130 cm³/mol. The monoisotopic (exact) mass is 450 g/mol. The zero-order valence-corrected chi connectivity index (χ0v) is 19.2. The van der Waals surface area contributed by atoms with E-state index in [-0.39, 0.29) is 5.91 Å². The van der Waals surface area contributed by atoms with E-state index in [9.17, 15) is 4.79 Å². The predicted octanol–water partition coefficient (Wildman–Crippen LogP) is 6.08. The Labute approximate surface area is 194 Å². The van der Waals surface area contributed by atoms with Crippen LogP contribution in [-0.4, -0.2) is 40.4 Å². The number of aromatic nitrogens is 2. The van der Waals surface area contributed by atoms with Crippen LogP contribution in [0.3, 0.4) is 0 Å². The molecule has 0 unspecified atom stereocenters. The molecule has 1 saturated carbocycles. The van der Waals surface area contributed by atoms with Crippen LogP contribution in [-0.2, 0) is 4.79 Å². The van der Waals surface area contributed by atoms with E-state index in [0.717, 1.165) is 53.5 Å². The van der Waals surface area contributed by atoms with Crippen molar-refractivity contribution in [1.82, 2.24) is 14.9 Å². The standard InChI is InChI=1S/C26H31ClN4O/c27-21-8-11-23-24(16-21)30-26(29-23)20-12-14-31(15-13-20)17-25(32)28-22-9-6-19(7-10-22)18-4-2-1-3-5-18/h6-11,16,18,20H,1-5,12-15,17H2,(H,28,32)(H,29,30). The number of hydrogen-bond acceptors (Lipinski definition) is 3. The molecule has 0 atom stereocenters. The minimum atomic E-state index is 0.0623. The summed E-state index contributed by atoms with van der Waals surface area (Å²) in [6, 6.07) is 14.3. The Bertz CT molecular complexity index is 1060. The number of anilines is 1. The molecule has 168 valence electrons. The Balaban J connectivity index is 1.11. The number of hydrogen-bond donors (Lipinski definition) is 2. The summed E-state index contributed by atoms with van der Waals surface area (Å²) in [5.74, 6) is 2.18. The summed E-state index contributed by atoms with van der Waals surface area (Å²) in [6.45, 7) is 2.24. The fraction of sp³-hybridized carbons (Fsp3) is 0.462. The fourth-order valence-corrected chi connectivity index (χ4v) is 5.41. The molecule has 2 N–H and O–H groups in total. The molecule has 1 aromatic heterocycles. The van der Waals surface area contributed by atoms with Crippen LogP contribution in [0, 0.1) is 0 Å². The van der Waals surface area contributed by atoms with E-state index < -0.39 is 0 Å². The highest BCUT2D eigenvalue weighted by atomic mass is 35.5. The maximum Gasteiger partial charge on any atom is 0.238 e. The number of carbonyl (C=O) groups excluding carboxylic acids is 1. The summed E-state index contributed by atoms with van der Waals surface area (Å²) in [5, 5.41) is 3.79. The number of nitrogens with zero attached hydrogens (tertiary/aromatic N) is 2. The molecule has 0 radical (unpaired) electrons. The van der Waals surface area contributed by atoms with Gasteiger partial charge in [0.15, 0.2) is 0 Å². The first kappa shape index (κ1) is 21.5. The molecule has 3 aromatic rings. The van der Waals surface area contributed by atoms with E-state index in [1.54, 1.807) is 0 Å². The quantitative estimate of drug-likeness (QED) is 0.495. The Morgan fingerprint density at radius 1 is 1.00 bits per heavy atom. The van der Waals surface area contributed by atoms with Crippen LogP contribution in [0.1, 0.15) is 68.2 Å². The second kappa shape index (κ2) is 9.63. The number of H-pyrrole nitrogens is 1. The molecule has 1 amide bonds. The number of benzene rings is 2. The van der Waals surface area contributed by atoms with Crippen LogP contribution >= 0.6 is 11.6 Å². The lowest BCUT2D eigenvalue weighted by Crippen LogP contribution is -2.38. The number of amides is 1. The molecule has 1 aliphatic heterocycles. The lowest BCUT2D eigenvalue weighted by molar-refractivity contribution is -0.117. The van der Waals surface area contributed by atoms with Gasteiger partial charge in [0, 0.05) is 16.6 Å². The van der Waals surface area contributed by atoms with Crippen molar-refractivity contribution in [2.45, 2.75) is 56.8 Å². The largest absolute Gasteiger partial charge is 0.342 e. The third-order valence-corrected chi connectivity index (χ3v) is 7.31. The number of aromatic amines is 1. The van der Waals surface area contributed by atoms with Crippen molar-refractivity contribution >= 4 is 34.2 Å². The van der Waals surface area contributed by atoms with E-state index in [4.69, 9.17) is 16.6 Å². The van der Waals surface area contributed by atoms with Gasteiger partial charge in [0.05, 0.1) is 17.6 Å². The first-order valence-corrected chi connectivity index (χ1v) is 12.3. The van der Waals surface area contributed by atoms with Crippen molar-refractivity contribution in [3.63, 3.8) is 0 Å². The minimum Gasteiger partial charge on any atom is -0.342 e. The highest BCUT2D eigenvalue weighted by Crippen LogP contribution is 2.33. The Morgan fingerprint density at radius 2 is 1.75 bits per heavy atom. The van der Waals surface area contributed by atoms with Crippen LogP contribution in [0.2, 0.25) is 5.02 Å². The van der Waals surface area contributed by atoms with Crippen LogP contribution in [0.5, 0.6) is 0 Å². The van der Waals surface area contributed by atoms with Crippen molar-refractivity contribution < 1.29 is 4.79 Å². The summed E-state index contributed by atoms with van der Waals surface area (Å²) >= 11 is 6.09. The van der Waals surface area contributed by atoms with Crippen molar-refractivity contribution in [2.24, 2.45) is 0 Å². The van der Waals surface area contributed by atoms with Gasteiger partial charge in [-0.3, -0.25) is 9.69 Å². The Kier molecular flexibility index (Phi) is 6.47. The Morgan fingerprint density at radius 3 is 2.50 bits per heavy atom. The number of piperidine rings is 1. The van der Waals surface area contributed by atoms with Crippen molar-refractivity contribution in [2.75, 3.05) is 25.0 Å². The van der Waals surface area contributed by atoms with Gasteiger partial charge in [0.25, 0.3) is 0 Å². The van der Waals surface area contributed by atoms with E-state index in [1.165, 1.54) is 37.7 Å². The summed E-state index contributed by atoms with van der Waals surface area (Å²) in [5.41, 5.74) is 4.26. The van der Waals surface area contributed by atoms with Crippen LogP contribution in [0.15, 0.2) is 42.5 Å². The van der Waals surface area contributed by atoms with Gasteiger partial charge in [-0.15, -0.1) is 0 Å². The average Bonchev–Trinajstić information content (AvgIpc) is 3.24. The third-order valence-electron chi connectivity index (χ3n) is 7.07. The molecule has 1 aliphatic carbocycles. The summed E-state index contributed by atoms with van der Waals surface area (Å²) in [7, 11) is 0. The number of likely N-dealkylation sites (tertiary alicyclic amines) is 1. The minimum absolute atomic E-state index is 0.0623. The molecule has 2 heterocycles. The second-order valence-electron chi connectivity index (χ2n) is 9.34. The number of rotatable bonds is 5. The SMILES string of the molecule is O=C(CN1CCC(c2nc3ccc(Cl)cc3[nH]2)CC1)Nc1ccc(C2CCCCC2)cc1. The molecule has 2 fully saturated rings. The Hall–Kier alpha value is -2.37. The maximum atomic E-state index is 12.6. The van der Waals surface area contributed by atoms with Crippen molar-refractivity contribution in [3.8, 4) is 0 Å². The summed E-state index contributed by atoms with van der Waals surface area (Å²) in [4.78, 5) is 23.0. The van der Waals surface area contributed by atoms with Gasteiger partial charge >= 0.3 is 0 Å². The molecule has 32 heavy (non-hydrogen) atoms. The highest BCUT2D eigenvalue weighted by Gasteiger charge is 2.24. The zero-order valence-electron chi connectivity index (χ0n) is 18.4. The molecule has 2 aromatic carbocycles.